The second kappa shape index (κ2) is 8.67. The number of hydrogen-bond acceptors (Lipinski definition) is 6. The molecule has 0 bridgehead atoms. The van der Waals surface area contributed by atoms with Crippen molar-refractivity contribution < 1.29 is 24.5 Å². The van der Waals surface area contributed by atoms with Crippen LogP contribution in [0.1, 0.15) is 16.5 Å². The summed E-state index contributed by atoms with van der Waals surface area (Å²) in [6.45, 7) is 0.378. The number of carbonyl (C=O) groups is 2. The third-order valence-electron chi connectivity index (χ3n) is 4.18. The van der Waals surface area contributed by atoms with Crippen LogP contribution in [-0.2, 0) is 14.3 Å². The monoisotopic (exact) mass is 407 g/mol. The quantitative estimate of drug-likeness (QED) is 0.319. The first-order valence-corrected chi connectivity index (χ1v) is 9.56. The fraction of sp³-hybridized carbons (Fsp3) is 0.263. The van der Waals surface area contributed by atoms with Crippen LogP contribution in [-0.4, -0.2) is 53.2 Å². The van der Waals surface area contributed by atoms with E-state index in [-0.39, 0.29) is 37.7 Å². The lowest BCUT2D eigenvalue weighted by atomic mass is 10.00. The highest BCUT2D eigenvalue weighted by Gasteiger charge is 2.46. The summed E-state index contributed by atoms with van der Waals surface area (Å²) in [5, 5.41) is 21.9. The molecule has 6 nitrogen and oxygen atoms in total. The maximum absolute atomic E-state index is 12.7. The van der Waals surface area contributed by atoms with Crippen molar-refractivity contribution in [3.05, 3.63) is 62.8 Å². The third-order valence-corrected chi connectivity index (χ3v) is 5.36. The molecule has 1 amide bonds. The minimum atomic E-state index is -0.733. The van der Waals surface area contributed by atoms with Crippen LogP contribution < -0.4 is 0 Å². The number of thiophene rings is 1. The molecule has 8 heteroatoms. The van der Waals surface area contributed by atoms with Crippen LogP contribution in [0.25, 0.3) is 5.76 Å². The van der Waals surface area contributed by atoms with Gasteiger partial charge in [-0.15, -0.1) is 11.3 Å². The van der Waals surface area contributed by atoms with Crippen LogP contribution in [0.15, 0.2) is 47.4 Å². The second-order valence-electron chi connectivity index (χ2n) is 5.85. The standard InChI is InChI=1S/C19H18ClNO5S/c20-13-5-3-12(4-6-13)17(23)15-16(14-2-1-11-27-14)21(19(25)18(15)24)7-9-26-10-8-22/h1-6,11,16,22-23H,7-10H2/t16-/m0/s1. The molecular formula is C19H18ClNO5S. The van der Waals surface area contributed by atoms with Gasteiger partial charge in [-0.1, -0.05) is 17.7 Å². The summed E-state index contributed by atoms with van der Waals surface area (Å²) in [5.41, 5.74) is 0.461. The number of aliphatic hydroxyl groups is 2. The molecule has 2 heterocycles. The SMILES string of the molecule is O=C1C(=O)N(CCOCCO)[C@@H](c2cccs2)C1=C(O)c1ccc(Cl)cc1. The van der Waals surface area contributed by atoms with Gasteiger partial charge in [-0.05, 0) is 35.7 Å². The minimum Gasteiger partial charge on any atom is -0.507 e. The molecule has 3 rings (SSSR count). The highest BCUT2D eigenvalue weighted by molar-refractivity contribution is 7.10. The number of ether oxygens (including phenoxy) is 1. The van der Waals surface area contributed by atoms with Crippen molar-refractivity contribution in [1.29, 1.82) is 0 Å². The first-order valence-electron chi connectivity index (χ1n) is 8.31. The number of halogens is 1. The van der Waals surface area contributed by atoms with E-state index in [9.17, 15) is 14.7 Å². The largest absolute Gasteiger partial charge is 0.507 e. The van der Waals surface area contributed by atoms with Gasteiger partial charge in [0.25, 0.3) is 11.7 Å². The molecule has 0 saturated carbocycles. The van der Waals surface area contributed by atoms with Crippen molar-refractivity contribution >= 4 is 40.4 Å². The van der Waals surface area contributed by atoms with Crippen molar-refractivity contribution in [2.45, 2.75) is 6.04 Å². The molecule has 0 aliphatic carbocycles. The lowest BCUT2D eigenvalue weighted by Crippen LogP contribution is -2.32. The fourth-order valence-electron chi connectivity index (χ4n) is 2.95. The zero-order valence-electron chi connectivity index (χ0n) is 14.3. The molecule has 2 N–H and O–H groups in total. The van der Waals surface area contributed by atoms with Gasteiger partial charge in [-0.3, -0.25) is 9.59 Å². The number of Topliss-reactive ketones (excluding diaryl/α,β-unsaturated/α-hetero) is 1. The van der Waals surface area contributed by atoms with Gasteiger partial charge in [0.05, 0.1) is 31.4 Å². The Morgan fingerprint density at radius 1 is 1.19 bits per heavy atom. The molecule has 1 atom stereocenters. The van der Waals surface area contributed by atoms with E-state index in [1.54, 1.807) is 24.3 Å². The van der Waals surface area contributed by atoms with Crippen LogP contribution in [0.3, 0.4) is 0 Å². The Balaban J connectivity index is 2.00. The number of likely N-dealkylation sites (tertiary alicyclic amines) is 1. The van der Waals surface area contributed by atoms with Gasteiger partial charge in [0, 0.05) is 22.0 Å². The van der Waals surface area contributed by atoms with Crippen molar-refractivity contribution in [2.24, 2.45) is 0 Å². The van der Waals surface area contributed by atoms with E-state index in [1.807, 2.05) is 17.5 Å². The number of benzene rings is 1. The average Bonchev–Trinajstić information content (AvgIpc) is 3.27. The van der Waals surface area contributed by atoms with Crippen LogP contribution in [0.2, 0.25) is 5.02 Å². The molecule has 27 heavy (non-hydrogen) atoms. The van der Waals surface area contributed by atoms with E-state index in [1.165, 1.54) is 16.2 Å². The lowest BCUT2D eigenvalue weighted by molar-refractivity contribution is -0.140. The minimum absolute atomic E-state index is 0.0481. The smallest absolute Gasteiger partial charge is 0.295 e. The Kier molecular flexibility index (Phi) is 6.28. The molecule has 1 saturated heterocycles. The topological polar surface area (TPSA) is 87.1 Å². The van der Waals surface area contributed by atoms with E-state index in [2.05, 4.69) is 0 Å². The highest BCUT2D eigenvalue weighted by Crippen LogP contribution is 2.40. The Labute approximate surface area is 165 Å². The molecule has 1 aliphatic rings. The van der Waals surface area contributed by atoms with Crippen LogP contribution in [0, 0.1) is 0 Å². The molecule has 0 radical (unpaired) electrons. The van der Waals surface area contributed by atoms with Crippen molar-refractivity contribution in [3.8, 4) is 0 Å². The number of hydrogen-bond donors (Lipinski definition) is 2. The molecule has 2 aromatic rings. The van der Waals surface area contributed by atoms with E-state index >= 15 is 0 Å². The first-order chi connectivity index (χ1) is 13.0. The van der Waals surface area contributed by atoms with E-state index in [4.69, 9.17) is 21.4 Å². The van der Waals surface area contributed by atoms with Crippen LogP contribution in [0.5, 0.6) is 0 Å². The van der Waals surface area contributed by atoms with Crippen molar-refractivity contribution in [3.63, 3.8) is 0 Å². The van der Waals surface area contributed by atoms with Gasteiger partial charge in [0.2, 0.25) is 0 Å². The Morgan fingerprint density at radius 3 is 2.56 bits per heavy atom. The number of aliphatic hydroxyl groups excluding tert-OH is 2. The number of amides is 1. The van der Waals surface area contributed by atoms with Gasteiger partial charge in [-0.2, -0.15) is 0 Å². The van der Waals surface area contributed by atoms with Gasteiger partial charge in [0.1, 0.15) is 5.76 Å². The Bertz CT molecular complexity index is 847. The molecule has 142 valence electrons. The van der Waals surface area contributed by atoms with Crippen molar-refractivity contribution in [2.75, 3.05) is 26.4 Å². The molecule has 1 aliphatic heterocycles. The Morgan fingerprint density at radius 2 is 1.93 bits per heavy atom. The molecule has 1 fully saturated rings. The van der Waals surface area contributed by atoms with E-state index < -0.39 is 17.7 Å². The number of carbonyl (C=O) groups excluding carboxylic acids is 2. The summed E-state index contributed by atoms with van der Waals surface area (Å²) in [6.07, 6.45) is 0. The predicted molar refractivity (Wildman–Crippen MR) is 103 cm³/mol. The molecule has 0 unspecified atom stereocenters. The average molecular weight is 408 g/mol. The number of rotatable bonds is 7. The number of ketones is 1. The van der Waals surface area contributed by atoms with E-state index in [0.29, 0.717) is 10.6 Å². The summed E-state index contributed by atoms with van der Waals surface area (Å²) in [7, 11) is 0. The van der Waals surface area contributed by atoms with Crippen LogP contribution >= 0.6 is 22.9 Å². The zero-order chi connectivity index (χ0) is 19.4. The fourth-order valence-corrected chi connectivity index (χ4v) is 3.92. The Hall–Kier alpha value is -2.19. The predicted octanol–water partition coefficient (Wildman–Crippen LogP) is 2.83. The molecule has 0 spiro atoms. The van der Waals surface area contributed by atoms with E-state index in [0.717, 1.165) is 4.88 Å². The zero-order valence-corrected chi connectivity index (χ0v) is 15.9. The third kappa shape index (κ3) is 4.06. The second-order valence-corrected chi connectivity index (χ2v) is 7.27. The normalized spacial score (nSPS) is 19.0. The van der Waals surface area contributed by atoms with Crippen LogP contribution in [0.4, 0.5) is 0 Å². The maximum atomic E-state index is 12.7. The highest BCUT2D eigenvalue weighted by atomic mass is 35.5. The summed E-state index contributed by atoms with van der Waals surface area (Å²) in [5.74, 6) is -1.65. The lowest BCUT2D eigenvalue weighted by Gasteiger charge is -2.23. The van der Waals surface area contributed by atoms with Gasteiger partial charge >= 0.3 is 0 Å². The van der Waals surface area contributed by atoms with Crippen molar-refractivity contribution in [1.82, 2.24) is 4.90 Å². The van der Waals surface area contributed by atoms with Gasteiger partial charge < -0.3 is 19.8 Å². The number of nitrogens with zero attached hydrogens (tertiary/aromatic N) is 1. The van der Waals surface area contributed by atoms with Gasteiger partial charge in [-0.25, -0.2) is 0 Å². The first kappa shape index (κ1) is 19.6. The summed E-state index contributed by atoms with van der Waals surface area (Å²) >= 11 is 7.28. The molecule has 1 aromatic heterocycles. The summed E-state index contributed by atoms with van der Waals surface area (Å²) in [6, 6.07) is 9.37. The van der Waals surface area contributed by atoms with Gasteiger partial charge in [0.15, 0.2) is 0 Å². The maximum Gasteiger partial charge on any atom is 0.295 e. The molecular weight excluding hydrogens is 390 g/mol. The summed E-state index contributed by atoms with van der Waals surface area (Å²) in [4.78, 5) is 27.4. The molecule has 1 aromatic carbocycles. The summed E-state index contributed by atoms with van der Waals surface area (Å²) < 4.78 is 5.24.